The van der Waals surface area contributed by atoms with Crippen LogP contribution in [0.4, 0.5) is 0 Å². The van der Waals surface area contributed by atoms with Crippen molar-refractivity contribution in [1.82, 2.24) is 20.1 Å². The third kappa shape index (κ3) is 3.29. The molecule has 0 aliphatic heterocycles. The molecule has 0 saturated carbocycles. The van der Waals surface area contributed by atoms with E-state index in [0.29, 0.717) is 0 Å². The summed E-state index contributed by atoms with van der Waals surface area (Å²) in [6.45, 7) is 3.86. The summed E-state index contributed by atoms with van der Waals surface area (Å²) >= 11 is 5.30. The number of nitrogens with zero attached hydrogens (tertiary/aromatic N) is 3. The molecule has 0 radical (unpaired) electrons. The Morgan fingerprint density at radius 2 is 2.30 bits per heavy atom. The van der Waals surface area contributed by atoms with Gasteiger partial charge >= 0.3 is 0 Å². The third-order valence-electron chi connectivity index (χ3n) is 3.20. The number of hydrogen-bond donors (Lipinski definition) is 2. The Morgan fingerprint density at radius 1 is 1.55 bits per heavy atom. The van der Waals surface area contributed by atoms with Crippen LogP contribution in [0.2, 0.25) is 0 Å². The van der Waals surface area contributed by atoms with E-state index in [9.17, 15) is 0 Å². The molecule has 0 bridgehead atoms. The standard InChI is InChI=1S/C13H20BrN5S/c1-9-4-7-20-13(9)11(17-15)12-10(14)8-16-19(12)6-5-18(2)3/h4,7-8,11,17H,5-6,15H2,1-3H3. The summed E-state index contributed by atoms with van der Waals surface area (Å²) in [6.07, 6.45) is 1.83. The molecule has 0 aliphatic rings. The van der Waals surface area contributed by atoms with Gasteiger partial charge in [0.1, 0.15) is 0 Å². The molecule has 1 unspecified atom stereocenters. The van der Waals surface area contributed by atoms with E-state index in [0.717, 1.165) is 23.3 Å². The van der Waals surface area contributed by atoms with Crippen molar-refractivity contribution in [2.45, 2.75) is 19.5 Å². The number of aromatic nitrogens is 2. The number of aryl methyl sites for hydroxylation is 1. The summed E-state index contributed by atoms with van der Waals surface area (Å²) in [7, 11) is 4.11. The summed E-state index contributed by atoms with van der Waals surface area (Å²) in [5.74, 6) is 5.80. The molecule has 2 aromatic heterocycles. The predicted octanol–water partition coefficient (Wildman–Crippen LogP) is 2.13. The summed E-state index contributed by atoms with van der Waals surface area (Å²) in [5, 5.41) is 6.54. The molecule has 5 nitrogen and oxygen atoms in total. The van der Waals surface area contributed by atoms with Gasteiger partial charge < -0.3 is 4.90 Å². The van der Waals surface area contributed by atoms with E-state index in [2.05, 4.69) is 63.8 Å². The van der Waals surface area contributed by atoms with Crippen LogP contribution in [0.3, 0.4) is 0 Å². The summed E-state index contributed by atoms with van der Waals surface area (Å²) in [4.78, 5) is 3.36. The molecule has 2 aromatic rings. The maximum absolute atomic E-state index is 5.80. The molecule has 0 spiro atoms. The first-order chi connectivity index (χ1) is 9.54. The number of halogens is 1. The number of rotatable bonds is 6. The van der Waals surface area contributed by atoms with Crippen LogP contribution >= 0.6 is 27.3 Å². The molecular formula is C13H20BrN5S. The minimum atomic E-state index is -0.0472. The van der Waals surface area contributed by atoms with Gasteiger partial charge in [0.25, 0.3) is 0 Å². The smallest absolute Gasteiger partial charge is 0.0984 e. The fraction of sp³-hybridized carbons (Fsp3) is 0.462. The van der Waals surface area contributed by atoms with Crippen molar-refractivity contribution in [3.8, 4) is 0 Å². The average molecular weight is 358 g/mol. The van der Waals surface area contributed by atoms with Gasteiger partial charge in [0.05, 0.1) is 29.0 Å². The van der Waals surface area contributed by atoms with Crippen LogP contribution in [-0.2, 0) is 6.54 Å². The first-order valence-corrected chi connectivity index (χ1v) is 8.08. The first kappa shape index (κ1) is 15.7. The van der Waals surface area contributed by atoms with E-state index in [4.69, 9.17) is 5.84 Å². The van der Waals surface area contributed by atoms with Crippen molar-refractivity contribution in [1.29, 1.82) is 0 Å². The average Bonchev–Trinajstić information content (AvgIpc) is 2.97. The lowest BCUT2D eigenvalue weighted by atomic mass is 10.1. The van der Waals surface area contributed by atoms with Crippen molar-refractivity contribution in [3.05, 3.63) is 38.3 Å². The Balaban J connectivity index is 2.34. The highest BCUT2D eigenvalue weighted by Crippen LogP contribution is 2.32. The number of nitrogens with two attached hydrogens (primary N) is 1. The lowest BCUT2D eigenvalue weighted by Crippen LogP contribution is -2.31. The molecule has 0 fully saturated rings. The van der Waals surface area contributed by atoms with Crippen molar-refractivity contribution in [2.24, 2.45) is 5.84 Å². The number of likely N-dealkylation sites (N-methyl/N-ethyl adjacent to an activating group) is 1. The van der Waals surface area contributed by atoms with Crippen molar-refractivity contribution >= 4 is 27.3 Å². The van der Waals surface area contributed by atoms with E-state index in [1.165, 1.54) is 10.4 Å². The molecule has 0 aromatic carbocycles. The number of hydrazine groups is 1. The highest BCUT2D eigenvalue weighted by Gasteiger charge is 2.23. The monoisotopic (exact) mass is 357 g/mol. The lowest BCUT2D eigenvalue weighted by Gasteiger charge is -2.19. The topological polar surface area (TPSA) is 59.1 Å². The van der Waals surface area contributed by atoms with Gasteiger partial charge in [-0.2, -0.15) is 5.10 Å². The summed E-state index contributed by atoms with van der Waals surface area (Å²) in [5.41, 5.74) is 5.23. The molecule has 7 heteroatoms. The van der Waals surface area contributed by atoms with Gasteiger partial charge in [-0.15, -0.1) is 11.3 Å². The minimum absolute atomic E-state index is 0.0472. The fourth-order valence-electron chi connectivity index (χ4n) is 2.09. The highest BCUT2D eigenvalue weighted by molar-refractivity contribution is 9.10. The quantitative estimate of drug-likeness (QED) is 0.614. The molecule has 20 heavy (non-hydrogen) atoms. The molecule has 0 aliphatic carbocycles. The summed E-state index contributed by atoms with van der Waals surface area (Å²) < 4.78 is 2.99. The van der Waals surface area contributed by atoms with Crippen LogP contribution in [0.1, 0.15) is 22.2 Å². The van der Waals surface area contributed by atoms with Crippen molar-refractivity contribution in [3.63, 3.8) is 0 Å². The highest BCUT2D eigenvalue weighted by atomic mass is 79.9. The number of hydrogen-bond acceptors (Lipinski definition) is 5. The molecule has 0 amide bonds. The van der Waals surface area contributed by atoms with Gasteiger partial charge in [-0.1, -0.05) is 0 Å². The van der Waals surface area contributed by atoms with Crippen LogP contribution < -0.4 is 11.3 Å². The van der Waals surface area contributed by atoms with Crippen LogP contribution in [0, 0.1) is 6.92 Å². The van der Waals surface area contributed by atoms with E-state index in [1.807, 2.05) is 10.9 Å². The SMILES string of the molecule is Cc1ccsc1C(NN)c1c(Br)cnn1CCN(C)C. The largest absolute Gasteiger partial charge is 0.308 e. The Kier molecular flexibility index (Phi) is 5.34. The fourth-order valence-corrected chi connectivity index (χ4v) is 3.60. The number of thiophene rings is 1. The maximum Gasteiger partial charge on any atom is 0.0984 e. The lowest BCUT2D eigenvalue weighted by molar-refractivity contribution is 0.365. The Labute approximate surface area is 131 Å². The number of nitrogens with one attached hydrogen (secondary N) is 1. The Hall–Kier alpha value is -0.730. The van der Waals surface area contributed by atoms with E-state index in [1.54, 1.807) is 11.3 Å². The zero-order valence-corrected chi connectivity index (χ0v) is 14.3. The maximum atomic E-state index is 5.80. The first-order valence-electron chi connectivity index (χ1n) is 6.40. The van der Waals surface area contributed by atoms with Gasteiger partial charge in [0, 0.05) is 11.4 Å². The minimum Gasteiger partial charge on any atom is -0.308 e. The Bertz CT molecular complexity index is 563. The second kappa shape index (κ2) is 6.82. The molecule has 0 saturated heterocycles. The van der Waals surface area contributed by atoms with Crippen LogP contribution in [0.15, 0.2) is 22.1 Å². The van der Waals surface area contributed by atoms with Gasteiger partial charge in [0.15, 0.2) is 0 Å². The molecule has 3 N–H and O–H groups in total. The summed E-state index contributed by atoms with van der Waals surface area (Å²) in [6, 6.07) is 2.06. The molecular weight excluding hydrogens is 338 g/mol. The van der Waals surface area contributed by atoms with E-state index < -0.39 is 0 Å². The van der Waals surface area contributed by atoms with E-state index in [-0.39, 0.29) is 6.04 Å². The zero-order chi connectivity index (χ0) is 14.7. The van der Waals surface area contributed by atoms with E-state index >= 15 is 0 Å². The van der Waals surface area contributed by atoms with Gasteiger partial charge in [0.2, 0.25) is 0 Å². The molecule has 2 rings (SSSR count). The second-order valence-electron chi connectivity index (χ2n) is 4.97. The predicted molar refractivity (Wildman–Crippen MR) is 86.7 cm³/mol. The van der Waals surface area contributed by atoms with Crippen molar-refractivity contribution < 1.29 is 0 Å². The van der Waals surface area contributed by atoms with Crippen molar-refractivity contribution in [2.75, 3.05) is 20.6 Å². The van der Waals surface area contributed by atoms with Crippen LogP contribution in [0.25, 0.3) is 0 Å². The third-order valence-corrected chi connectivity index (χ3v) is 4.89. The zero-order valence-electron chi connectivity index (χ0n) is 11.9. The molecule has 1 atom stereocenters. The van der Waals surface area contributed by atoms with Gasteiger partial charge in [-0.3, -0.25) is 10.5 Å². The molecule has 110 valence electrons. The Morgan fingerprint density at radius 3 is 2.85 bits per heavy atom. The second-order valence-corrected chi connectivity index (χ2v) is 6.77. The van der Waals surface area contributed by atoms with Crippen LogP contribution in [0.5, 0.6) is 0 Å². The van der Waals surface area contributed by atoms with Gasteiger partial charge in [-0.25, -0.2) is 5.43 Å². The normalized spacial score (nSPS) is 13.1. The van der Waals surface area contributed by atoms with Gasteiger partial charge in [-0.05, 0) is 54.0 Å². The van der Waals surface area contributed by atoms with Crippen LogP contribution in [-0.4, -0.2) is 35.3 Å². The molecule has 2 heterocycles.